The highest BCUT2D eigenvalue weighted by Gasteiger charge is 1.74. The Balaban J connectivity index is 3.30. The molecule has 0 fully saturated rings. The maximum atomic E-state index is 9.24. The number of nitro groups is 1. The van der Waals surface area contributed by atoms with Gasteiger partial charge in [-0.25, -0.2) is 0 Å². The third-order valence-electron chi connectivity index (χ3n) is 0.208. The Morgan fingerprint density at radius 2 is 2.33 bits per heavy atom. The number of hydrogen-bond donors (Lipinski definition) is 1. The standard InChI is InChI=1S/C2H4N2O2/c3-1-2-4(5)6/h1-2H,3H2. The lowest BCUT2D eigenvalue weighted by atomic mass is 11.0. The van der Waals surface area contributed by atoms with Crippen molar-refractivity contribution >= 4 is 0 Å². The van der Waals surface area contributed by atoms with Gasteiger partial charge in [0.15, 0.2) is 0 Å². The van der Waals surface area contributed by atoms with Crippen LogP contribution in [0, 0.1) is 10.1 Å². The van der Waals surface area contributed by atoms with Crippen molar-refractivity contribution in [1.82, 2.24) is 0 Å². The summed E-state index contributed by atoms with van der Waals surface area (Å²) in [4.78, 5) is 8.61. The van der Waals surface area contributed by atoms with Gasteiger partial charge in [0.05, 0.1) is 11.1 Å². The van der Waals surface area contributed by atoms with Crippen LogP contribution in [0.4, 0.5) is 0 Å². The summed E-state index contributed by atoms with van der Waals surface area (Å²) in [6.45, 7) is 0. The molecule has 2 N–H and O–H groups in total. The van der Waals surface area contributed by atoms with Crippen molar-refractivity contribution < 1.29 is 4.92 Å². The SMILES string of the molecule is NC=C[N+](=O)[O-]. The molecule has 0 aliphatic heterocycles. The van der Waals surface area contributed by atoms with E-state index < -0.39 is 4.92 Å². The second kappa shape index (κ2) is 2.19. The molecule has 0 amide bonds. The molecule has 0 aromatic carbocycles. The van der Waals surface area contributed by atoms with Gasteiger partial charge in [0.25, 0.3) is 0 Å². The Labute approximate surface area is 34.4 Å². The van der Waals surface area contributed by atoms with Crippen LogP contribution in [-0.4, -0.2) is 4.92 Å². The van der Waals surface area contributed by atoms with E-state index in [9.17, 15) is 10.1 Å². The molecule has 0 unspecified atom stereocenters. The summed E-state index contributed by atoms with van der Waals surface area (Å²) in [6, 6.07) is 0. The number of nitrogens with zero attached hydrogens (tertiary/aromatic N) is 1. The van der Waals surface area contributed by atoms with Gasteiger partial charge in [-0.15, -0.1) is 0 Å². The molecule has 0 heterocycles. The maximum absolute atomic E-state index is 9.24. The van der Waals surface area contributed by atoms with E-state index in [4.69, 9.17) is 0 Å². The first-order chi connectivity index (χ1) is 2.77. The minimum absolute atomic E-state index is 0.625. The smallest absolute Gasteiger partial charge is 0.249 e. The van der Waals surface area contributed by atoms with Crippen molar-refractivity contribution in [1.29, 1.82) is 0 Å². The van der Waals surface area contributed by atoms with Crippen molar-refractivity contribution in [3.05, 3.63) is 22.5 Å². The van der Waals surface area contributed by atoms with Gasteiger partial charge in [-0.1, -0.05) is 0 Å². The Morgan fingerprint density at radius 3 is 2.33 bits per heavy atom. The predicted molar refractivity (Wildman–Crippen MR) is 20.3 cm³/mol. The molecule has 0 aliphatic carbocycles. The van der Waals surface area contributed by atoms with Gasteiger partial charge in [0.1, 0.15) is 0 Å². The second-order valence-electron chi connectivity index (χ2n) is 0.627. The molecule has 34 valence electrons. The van der Waals surface area contributed by atoms with E-state index in [-0.39, 0.29) is 0 Å². The summed E-state index contributed by atoms with van der Waals surface area (Å²) >= 11 is 0. The minimum atomic E-state index is -0.625. The fourth-order valence-electron chi connectivity index (χ4n) is 0.0703. The molecule has 6 heavy (non-hydrogen) atoms. The van der Waals surface area contributed by atoms with Gasteiger partial charge in [0, 0.05) is 0 Å². The Bertz CT molecular complexity index is 77.6. The van der Waals surface area contributed by atoms with E-state index in [1.165, 1.54) is 0 Å². The van der Waals surface area contributed by atoms with E-state index in [2.05, 4.69) is 5.73 Å². The first-order valence-electron chi connectivity index (χ1n) is 1.29. The van der Waals surface area contributed by atoms with E-state index in [1.807, 2.05) is 0 Å². The summed E-state index contributed by atoms with van der Waals surface area (Å²) in [5.41, 5.74) is 4.61. The molecule has 0 atom stereocenters. The Morgan fingerprint density at radius 1 is 1.83 bits per heavy atom. The molecule has 4 heteroatoms. The molecular formula is C2H4N2O2. The highest BCUT2D eigenvalue weighted by Crippen LogP contribution is 1.62. The summed E-state index contributed by atoms with van der Waals surface area (Å²) in [6.07, 6.45) is 1.54. The number of nitrogens with two attached hydrogens (primary N) is 1. The van der Waals surface area contributed by atoms with Crippen molar-refractivity contribution in [3.8, 4) is 0 Å². The van der Waals surface area contributed by atoms with Crippen LogP contribution in [-0.2, 0) is 0 Å². The monoisotopic (exact) mass is 88.0 g/mol. The van der Waals surface area contributed by atoms with E-state index in [0.29, 0.717) is 6.20 Å². The van der Waals surface area contributed by atoms with E-state index in [0.717, 1.165) is 6.20 Å². The second-order valence-corrected chi connectivity index (χ2v) is 0.627. The zero-order chi connectivity index (χ0) is 4.99. The lowest BCUT2D eigenvalue weighted by Crippen LogP contribution is -1.85. The van der Waals surface area contributed by atoms with Crippen LogP contribution in [0.5, 0.6) is 0 Å². The molecule has 0 radical (unpaired) electrons. The van der Waals surface area contributed by atoms with Gasteiger partial charge in [-0.3, -0.25) is 10.1 Å². The van der Waals surface area contributed by atoms with Crippen LogP contribution in [0.1, 0.15) is 0 Å². The molecule has 0 saturated carbocycles. The van der Waals surface area contributed by atoms with Gasteiger partial charge in [-0.05, 0) is 0 Å². The summed E-state index contributed by atoms with van der Waals surface area (Å²) in [7, 11) is 0. The predicted octanol–water partition coefficient (Wildman–Crippen LogP) is -0.307. The number of rotatable bonds is 1. The van der Waals surface area contributed by atoms with Crippen molar-refractivity contribution in [3.63, 3.8) is 0 Å². The zero-order valence-corrected chi connectivity index (χ0v) is 3.00. The average molecular weight is 88.1 g/mol. The van der Waals surface area contributed by atoms with Crippen LogP contribution < -0.4 is 5.73 Å². The fourth-order valence-corrected chi connectivity index (χ4v) is 0.0703. The third-order valence-corrected chi connectivity index (χ3v) is 0.208. The quantitative estimate of drug-likeness (QED) is 0.353. The topological polar surface area (TPSA) is 69.2 Å². The Hall–Kier alpha value is -1.06. The van der Waals surface area contributed by atoms with Crippen LogP contribution in [0.3, 0.4) is 0 Å². The largest absolute Gasteiger partial charge is 0.400 e. The fraction of sp³-hybridized carbons (Fsp3) is 0. The number of hydrogen-bond acceptors (Lipinski definition) is 3. The maximum Gasteiger partial charge on any atom is 0.249 e. The van der Waals surface area contributed by atoms with E-state index >= 15 is 0 Å². The summed E-state index contributed by atoms with van der Waals surface area (Å²) in [5.74, 6) is 0. The van der Waals surface area contributed by atoms with Gasteiger partial charge < -0.3 is 5.73 Å². The molecule has 4 nitrogen and oxygen atoms in total. The molecule has 0 aromatic rings. The first-order valence-corrected chi connectivity index (χ1v) is 1.29. The highest BCUT2D eigenvalue weighted by atomic mass is 16.6. The summed E-state index contributed by atoms with van der Waals surface area (Å²) < 4.78 is 0. The molecule has 0 bridgehead atoms. The molecule has 0 aromatic heterocycles. The molecule has 0 aliphatic rings. The van der Waals surface area contributed by atoms with Gasteiger partial charge in [0.2, 0.25) is 6.20 Å². The van der Waals surface area contributed by atoms with Crippen molar-refractivity contribution in [2.45, 2.75) is 0 Å². The lowest BCUT2D eigenvalue weighted by Gasteiger charge is -1.69. The molecule has 0 spiro atoms. The minimum Gasteiger partial charge on any atom is -0.400 e. The van der Waals surface area contributed by atoms with Crippen LogP contribution >= 0.6 is 0 Å². The molecular weight excluding hydrogens is 84.0 g/mol. The lowest BCUT2D eigenvalue weighted by molar-refractivity contribution is -0.402. The molecule has 0 saturated heterocycles. The van der Waals surface area contributed by atoms with Crippen LogP contribution in [0.15, 0.2) is 12.4 Å². The average Bonchev–Trinajstić information content (AvgIpc) is 1.35. The first kappa shape index (κ1) is 4.94. The summed E-state index contributed by atoms with van der Waals surface area (Å²) in [5, 5.41) is 9.24. The van der Waals surface area contributed by atoms with Gasteiger partial charge >= 0.3 is 0 Å². The van der Waals surface area contributed by atoms with Crippen LogP contribution in [0.2, 0.25) is 0 Å². The van der Waals surface area contributed by atoms with Gasteiger partial charge in [-0.2, -0.15) is 0 Å². The normalized spacial score (nSPS) is 9.33. The third kappa shape index (κ3) is 2.94. The zero-order valence-electron chi connectivity index (χ0n) is 3.00. The van der Waals surface area contributed by atoms with E-state index in [1.54, 1.807) is 0 Å². The van der Waals surface area contributed by atoms with Crippen molar-refractivity contribution in [2.24, 2.45) is 5.73 Å². The Kier molecular flexibility index (Phi) is 1.81. The van der Waals surface area contributed by atoms with Crippen LogP contribution in [0.25, 0.3) is 0 Å². The van der Waals surface area contributed by atoms with Crippen molar-refractivity contribution in [2.75, 3.05) is 0 Å². The molecule has 0 rings (SSSR count). The highest BCUT2D eigenvalue weighted by molar-refractivity contribution is 4.60.